The van der Waals surface area contributed by atoms with Crippen molar-refractivity contribution in [2.24, 2.45) is 11.8 Å². The Hall–Kier alpha value is -1.25. The molecule has 0 aromatic carbocycles. The van der Waals surface area contributed by atoms with Gasteiger partial charge in [0.15, 0.2) is 0 Å². The minimum Gasteiger partial charge on any atom is -0.331 e. The maximum absolute atomic E-state index is 12.4. The molecule has 1 aliphatic carbocycles. The monoisotopic (exact) mass is 332 g/mol. The summed E-state index contributed by atoms with van der Waals surface area (Å²) in [7, 11) is 0. The number of amides is 2. The predicted molar refractivity (Wildman–Crippen MR) is 102 cm³/mol. The van der Waals surface area contributed by atoms with Crippen LogP contribution in [0.15, 0.2) is 23.3 Å². The summed E-state index contributed by atoms with van der Waals surface area (Å²) in [5.74, 6) is 1.29. The first-order chi connectivity index (χ1) is 11.6. The van der Waals surface area contributed by atoms with Crippen LogP contribution in [0.2, 0.25) is 0 Å². The van der Waals surface area contributed by atoms with Gasteiger partial charge in [0.1, 0.15) is 0 Å². The molecule has 0 spiro atoms. The molecule has 0 saturated carbocycles. The number of hydrogen-bond donors (Lipinski definition) is 1. The van der Waals surface area contributed by atoms with Crippen LogP contribution in [0, 0.1) is 11.8 Å². The second kappa shape index (κ2) is 9.29. The Morgan fingerprint density at radius 1 is 1.21 bits per heavy atom. The molecule has 2 rings (SSSR count). The highest BCUT2D eigenvalue weighted by atomic mass is 16.2. The zero-order chi connectivity index (χ0) is 17.5. The van der Waals surface area contributed by atoms with E-state index in [9.17, 15) is 4.79 Å². The molecule has 1 heterocycles. The standard InChI is InChI=1S/C21H36N2O/c1-5-7-10-18(6-2)11-8-9-14-23-15-19-13-12-16(3)17(4)20(19)22-21(23)24/h12-13,17-18,20H,5-11,14-15H2,1-4H3,(H,22,24). The highest BCUT2D eigenvalue weighted by Gasteiger charge is 2.33. The lowest BCUT2D eigenvalue weighted by Gasteiger charge is -2.40. The molecule has 1 fully saturated rings. The molecule has 24 heavy (non-hydrogen) atoms. The van der Waals surface area contributed by atoms with E-state index in [1.54, 1.807) is 0 Å². The number of nitrogens with one attached hydrogen (secondary N) is 1. The van der Waals surface area contributed by atoms with E-state index in [1.807, 2.05) is 4.90 Å². The number of rotatable bonds is 9. The number of nitrogens with zero attached hydrogens (tertiary/aromatic N) is 1. The number of hydrogen-bond acceptors (Lipinski definition) is 1. The van der Waals surface area contributed by atoms with Crippen molar-refractivity contribution in [1.29, 1.82) is 0 Å². The molecular weight excluding hydrogens is 296 g/mol. The highest BCUT2D eigenvalue weighted by molar-refractivity contribution is 5.77. The van der Waals surface area contributed by atoms with Gasteiger partial charge < -0.3 is 10.2 Å². The molecule has 0 aromatic heterocycles. The van der Waals surface area contributed by atoms with E-state index in [1.165, 1.54) is 49.7 Å². The Morgan fingerprint density at radius 3 is 2.67 bits per heavy atom. The van der Waals surface area contributed by atoms with E-state index in [0.29, 0.717) is 5.92 Å². The Morgan fingerprint density at radius 2 is 1.96 bits per heavy atom. The van der Waals surface area contributed by atoms with Crippen LogP contribution in [0.3, 0.4) is 0 Å². The molecule has 0 bridgehead atoms. The minimum absolute atomic E-state index is 0.122. The third-order valence-corrected chi connectivity index (χ3v) is 5.95. The molecule has 3 nitrogen and oxygen atoms in total. The maximum atomic E-state index is 12.4. The molecule has 136 valence electrons. The number of unbranched alkanes of at least 4 members (excludes halogenated alkanes) is 2. The molecule has 0 aromatic rings. The van der Waals surface area contributed by atoms with E-state index >= 15 is 0 Å². The van der Waals surface area contributed by atoms with Crippen LogP contribution in [0.5, 0.6) is 0 Å². The first kappa shape index (κ1) is 19.1. The van der Waals surface area contributed by atoms with Crippen LogP contribution in [-0.2, 0) is 0 Å². The van der Waals surface area contributed by atoms with Gasteiger partial charge >= 0.3 is 6.03 Å². The summed E-state index contributed by atoms with van der Waals surface area (Å²) >= 11 is 0. The molecule has 3 unspecified atom stereocenters. The smallest absolute Gasteiger partial charge is 0.318 e. The van der Waals surface area contributed by atoms with Crippen molar-refractivity contribution in [3.05, 3.63) is 23.3 Å². The van der Waals surface area contributed by atoms with Crippen LogP contribution in [0.4, 0.5) is 4.79 Å². The van der Waals surface area contributed by atoms with E-state index in [2.05, 4.69) is 45.2 Å². The summed E-state index contributed by atoms with van der Waals surface area (Å²) < 4.78 is 0. The molecule has 3 atom stereocenters. The van der Waals surface area contributed by atoms with Crippen LogP contribution in [-0.4, -0.2) is 30.1 Å². The van der Waals surface area contributed by atoms with Crippen LogP contribution < -0.4 is 5.32 Å². The van der Waals surface area contributed by atoms with Gasteiger partial charge in [-0.3, -0.25) is 0 Å². The predicted octanol–water partition coefficient (Wildman–Crippen LogP) is 5.29. The molecule has 1 saturated heterocycles. The third kappa shape index (κ3) is 4.87. The average molecular weight is 333 g/mol. The maximum Gasteiger partial charge on any atom is 0.318 e. The number of carbonyl (C=O) groups is 1. The van der Waals surface area contributed by atoms with E-state index in [4.69, 9.17) is 0 Å². The van der Waals surface area contributed by atoms with Gasteiger partial charge in [-0.05, 0) is 24.8 Å². The molecule has 0 radical (unpaired) electrons. The topological polar surface area (TPSA) is 32.3 Å². The van der Waals surface area contributed by atoms with Gasteiger partial charge in [-0.2, -0.15) is 0 Å². The summed E-state index contributed by atoms with van der Waals surface area (Å²) in [5.41, 5.74) is 2.72. The summed E-state index contributed by atoms with van der Waals surface area (Å²) in [4.78, 5) is 14.4. The van der Waals surface area contributed by atoms with Gasteiger partial charge in [-0.1, -0.05) is 77.0 Å². The number of fused-ring (bicyclic) bond motifs is 1. The molecule has 1 N–H and O–H groups in total. The molecule has 1 aliphatic heterocycles. The highest BCUT2D eigenvalue weighted by Crippen LogP contribution is 2.28. The van der Waals surface area contributed by atoms with Crippen molar-refractivity contribution in [3.8, 4) is 0 Å². The van der Waals surface area contributed by atoms with Crippen LogP contribution in [0.1, 0.15) is 72.6 Å². The zero-order valence-electron chi connectivity index (χ0n) is 16.1. The van der Waals surface area contributed by atoms with Crippen molar-refractivity contribution in [1.82, 2.24) is 10.2 Å². The summed E-state index contributed by atoms with van der Waals surface area (Å²) in [5, 5.41) is 3.22. The second-order valence-electron chi connectivity index (χ2n) is 7.70. The third-order valence-electron chi connectivity index (χ3n) is 5.95. The van der Waals surface area contributed by atoms with E-state index in [0.717, 1.165) is 25.4 Å². The number of urea groups is 1. The van der Waals surface area contributed by atoms with Gasteiger partial charge in [-0.15, -0.1) is 0 Å². The van der Waals surface area contributed by atoms with Crippen molar-refractivity contribution < 1.29 is 4.79 Å². The fourth-order valence-electron chi connectivity index (χ4n) is 3.92. The quantitative estimate of drug-likeness (QED) is 0.572. The fraction of sp³-hybridized carbons (Fsp3) is 0.762. The van der Waals surface area contributed by atoms with Gasteiger partial charge in [0.05, 0.1) is 6.04 Å². The first-order valence-corrected chi connectivity index (χ1v) is 9.99. The summed E-state index contributed by atoms with van der Waals surface area (Å²) in [6, 6.07) is 0.328. The molecular formula is C21H36N2O. The van der Waals surface area contributed by atoms with Gasteiger partial charge in [-0.25, -0.2) is 4.79 Å². The Bertz CT molecular complexity index is 480. The van der Waals surface area contributed by atoms with Crippen molar-refractivity contribution >= 4 is 6.03 Å². The largest absolute Gasteiger partial charge is 0.331 e. The van der Waals surface area contributed by atoms with Gasteiger partial charge in [0.2, 0.25) is 0 Å². The Balaban J connectivity index is 1.76. The Kier molecular flexibility index (Phi) is 7.39. The lowest BCUT2D eigenvalue weighted by molar-refractivity contribution is 0.182. The second-order valence-corrected chi connectivity index (χ2v) is 7.70. The van der Waals surface area contributed by atoms with Crippen LogP contribution >= 0.6 is 0 Å². The van der Waals surface area contributed by atoms with Crippen molar-refractivity contribution in [2.45, 2.75) is 78.7 Å². The van der Waals surface area contributed by atoms with E-state index in [-0.39, 0.29) is 12.1 Å². The number of carbonyl (C=O) groups excluding carboxylic acids is 1. The fourth-order valence-corrected chi connectivity index (χ4v) is 3.92. The van der Waals surface area contributed by atoms with E-state index < -0.39 is 0 Å². The molecule has 3 heteroatoms. The summed E-state index contributed by atoms with van der Waals surface area (Å²) in [6.07, 6.45) is 13.4. The average Bonchev–Trinajstić information content (AvgIpc) is 2.58. The van der Waals surface area contributed by atoms with Crippen molar-refractivity contribution in [3.63, 3.8) is 0 Å². The Labute approximate surface area is 148 Å². The number of allylic oxidation sites excluding steroid dienone is 2. The lowest BCUT2D eigenvalue weighted by atomic mass is 9.83. The van der Waals surface area contributed by atoms with Gasteiger partial charge in [0.25, 0.3) is 0 Å². The molecule has 2 aliphatic rings. The SMILES string of the molecule is CCCCC(CC)CCCCN1CC2=CC=C(C)C(C)C2NC1=O. The van der Waals surface area contributed by atoms with Crippen molar-refractivity contribution in [2.75, 3.05) is 13.1 Å². The molecule has 2 amide bonds. The lowest BCUT2D eigenvalue weighted by Crippen LogP contribution is -2.56. The summed E-state index contributed by atoms with van der Waals surface area (Å²) in [6.45, 7) is 10.6. The van der Waals surface area contributed by atoms with Gasteiger partial charge in [0, 0.05) is 19.0 Å². The van der Waals surface area contributed by atoms with Crippen LogP contribution in [0.25, 0.3) is 0 Å². The normalized spacial score (nSPS) is 24.8. The first-order valence-electron chi connectivity index (χ1n) is 9.99. The minimum atomic E-state index is 0.122. The zero-order valence-corrected chi connectivity index (χ0v) is 16.1.